The third-order valence-electron chi connectivity index (χ3n) is 4.53. The zero-order valence-electron chi connectivity index (χ0n) is 15.6. The second-order valence-corrected chi connectivity index (χ2v) is 6.46. The fraction of sp³-hybridized carbons (Fsp3) is 0.167. The SMILES string of the molecule is C=CC(=O)OCCCCc1ccc2c(ccc3cc(OC(=O)C=C)ccc32)c1. The number of carbonyl (C=O) groups excluding carboxylic acids is 2. The van der Waals surface area contributed by atoms with Crippen molar-refractivity contribution in [3.8, 4) is 5.75 Å². The van der Waals surface area contributed by atoms with Gasteiger partial charge in [-0.25, -0.2) is 9.59 Å². The van der Waals surface area contributed by atoms with Gasteiger partial charge in [0.25, 0.3) is 0 Å². The van der Waals surface area contributed by atoms with Crippen molar-refractivity contribution in [3.63, 3.8) is 0 Å². The van der Waals surface area contributed by atoms with Crippen molar-refractivity contribution in [1.82, 2.24) is 0 Å². The van der Waals surface area contributed by atoms with E-state index in [1.165, 1.54) is 17.0 Å². The molecule has 3 aromatic rings. The van der Waals surface area contributed by atoms with Crippen LogP contribution in [0.3, 0.4) is 0 Å². The van der Waals surface area contributed by atoms with Gasteiger partial charge in [0.05, 0.1) is 6.61 Å². The number of esters is 2. The van der Waals surface area contributed by atoms with Crippen LogP contribution >= 0.6 is 0 Å². The first-order chi connectivity index (χ1) is 13.6. The molecule has 0 saturated heterocycles. The highest BCUT2D eigenvalue weighted by Gasteiger charge is 2.06. The summed E-state index contributed by atoms with van der Waals surface area (Å²) in [5.74, 6) is -0.338. The van der Waals surface area contributed by atoms with Crippen LogP contribution in [-0.2, 0) is 20.7 Å². The Bertz CT molecular complexity index is 1050. The molecule has 0 aliphatic carbocycles. The fourth-order valence-electron chi connectivity index (χ4n) is 3.14. The summed E-state index contributed by atoms with van der Waals surface area (Å²) >= 11 is 0. The van der Waals surface area contributed by atoms with E-state index >= 15 is 0 Å². The Kier molecular flexibility index (Phi) is 6.22. The van der Waals surface area contributed by atoms with Crippen LogP contribution in [0.5, 0.6) is 5.75 Å². The van der Waals surface area contributed by atoms with Crippen LogP contribution in [0.25, 0.3) is 21.5 Å². The number of rotatable bonds is 8. The van der Waals surface area contributed by atoms with Gasteiger partial charge in [-0.2, -0.15) is 0 Å². The number of aryl methyl sites for hydroxylation is 1. The minimum atomic E-state index is -0.468. The number of hydrogen-bond donors (Lipinski definition) is 0. The second kappa shape index (κ2) is 9.00. The van der Waals surface area contributed by atoms with Gasteiger partial charge in [-0.15, -0.1) is 0 Å². The first-order valence-corrected chi connectivity index (χ1v) is 9.19. The lowest BCUT2D eigenvalue weighted by molar-refractivity contribution is -0.137. The molecule has 28 heavy (non-hydrogen) atoms. The number of hydrogen-bond acceptors (Lipinski definition) is 4. The zero-order chi connectivity index (χ0) is 19.9. The van der Waals surface area contributed by atoms with Crippen LogP contribution < -0.4 is 4.74 Å². The molecule has 0 atom stereocenters. The maximum absolute atomic E-state index is 11.4. The van der Waals surface area contributed by atoms with E-state index in [4.69, 9.17) is 9.47 Å². The lowest BCUT2D eigenvalue weighted by Gasteiger charge is -2.09. The molecule has 3 rings (SSSR count). The monoisotopic (exact) mass is 374 g/mol. The highest BCUT2D eigenvalue weighted by Crippen LogP contribution is 2.29. The molecule has 0 fully saturated rings. The highest BCUT2D eigenvalue weighted by atomic mass is 16.5. The predicted molar refractivity (Wildman–Crippen MR) is 111 cm³/mol. The van der Waals surface area contributed by atoms with Gasteiger partial charge in [0.2, 0.25) is 0 Å². The molecule has 0 amide bonds. The lowest BCUT2D eigenvalue weighted by Crippen LogP contribution is -2.02. The van der Waals surface area contributed by atoms with Crippen LogP contribution in [0.2, 0.25) is 0 Å². The first-order valence-electron chi connectivity index (χ1n) is 9.19. The largest absolute Gasteiger partial charge is 0.463 e. The van der Waals surface area contributed by atoms with Gasteiger partial charge >= 0.3 is 11.9 Å². The molecular weight excluding hydrogens is 352 g/mol. The van der Waals surface area contributed by atoms with Crippen molar-refractivity contribution in [2.45, 2.75) is 19.3 Å². The fourth-order valence-corrected chi connectivity index (χ4v) is 3.14. The Balaban J connectivity index is 1.72. The molecular formula is C24H22O4. The molecule has 0 N–H and O–H groups in total. The minimum Gasteiger partial charge on any atom is -0.463 e. The Morgan fingerprint density at radius 1 is 0.821 bits per heavy atom. The normalized spacial score (nSPS) is 10.6. The average Bonchev–Trinajstić information content (AvgIpc) is 2.72. The smallest absolute Gasteiger partial charge is 0.335 e. The molecule has 3 aromatic carbocycles. The summed E-state index contributed by atoms with van der Waals surface area (Å²) in [5, 5.41) is 4.44. The summed E-state index contributed by atoms with van der Waals surface area (Å²) < 4.78 is 10.2. The van der Waals surface area contributed by atoms with Crippen LogP contribution in [0.4, 0.5) is 0 Å². The number of ether oxygens (including phenoxy) is 2. The van der Waals surface area contributed by atoms with Crippen molar-refractivity contribution in [3.05, 3.63) is 79.4 Å². The molecule has 4 heteroatoms. The third kappa shape index (κ3) is 4.65. The summed E-state index contributed by atoms with van der Waals surface area (Å²) in [6, 6.07) is 16.2. The molecule has 142 valence electrons. The van der Waals surface area contributed by atoms with E-state index in [-0.39, 0.29) is 5.97 Å². The van der Waals surface area contributed by atoms with Gasteiger partial charge in [0.15, 0.2) is 0 Å². The van der Waals surface area contributed by atoms with E-state index < -0.39 is 5.97 Å². The lowest BCUT2D eigenvalue weighted by atomic mass is 9.98. The van der Waals surface area contributed by atoms with Crippen LogP contribution in [0.1, 0.15) is 18.4 Å². The third-order valence-corrected chi connectivity index (χ3v) is 4.53. The summed E-state index contributed by atoms with van der Waals surface area (Å²) in [6.07, 6.45) is 5.02. The number of fused-ring (bicyclic) bond motifs is 3. The maximum atomic E-state index is 11.4. The number of benzene rings is 3. The molecule has 0 spiro atoms. The van der Waals surface area contributed by atoms with E-state index in [2.05, 4.69) is 37.4 Å². The topological polar surface area (TPSA) is 52.6 Å². The molecule has 4 nitrogen and oxygen atoms in total. The molecule has 0 unspecified atom stereocenters. The van der Waals surface area contributed by atoms with Crippen LogP contribution in [0.15, 0.2) is 73.8 Å². The predicted octanol–water partition coefficient (Wildman–Crippen LogP) is 5.14. The average molecular weight is 374 g/mol. The van der Waals surface area contributed by atoms with E-state index in [1.807, 2.05) is 18.2 Å². The van der Waals surface area contributed by atoms with Crippen molar-refractivity contribution in [2.75, 3.05) is 6.61 Å². The number of unbranched alkanes of at least 4 members (excludes halogenated alkanes) is 1. The van der Waals surface area contributed by atoms with Gasteiger partial charge in [-0.05, 0) is 58.5 Å². The minimum absolute atomic E-state index is 0.375. The standard InChI is InChI=1S/C24H22O4/c1-3-23(25)27-14-6-5-7-17-8-12-21-18(15-17)9-10-19-16-20(11-13-22(19)21)28-24(26)4-2/h3-4,8-13,15-16H,1-2,5-7,14H2. The van der Waals surface area contributed by atoms with Gasteiger partial charge in [0, 0.05) is 12.2 Å². The zero-order valence-corrected chi connectivity index (χ0v) is 15.6. The molecule has 0 bridgehead atoms. The van der Waals surface area contributed by atoms with Crippen LogP contribution in [-0.4, -0.2) is 18.5 Å². The Hall–Kier alpha value is -3.40. The highest BCUT2D eigenvalue weighted by molar-refractivity contribution is 6.08. The van der Waals surface area contributed by atoms with E-state index in [0.717, 1.165) is 41.5 Å². The molecule has 0 aliphatic heterocycles. The van der Waals surface area contributed by atoms with Crippen LogP contribution in [0, 0.1) is 0 Å². The second-order valence-electron chi connectivity index (χ2n) is 6.46. The van der Waals surface area contributed by atoms with Gasteiger partial charge in [0.1, 0.15) is 5.75 Å². The molecule has 0 radical (unpaired) electrons. The first kappa shape index (κ1) is 19.4. The van der Waals surface area contributed by atoms with Crippen molar-refractivity contribution >= 4 is 33.5 Å². The van der Waals surface area contributed by atoms with Crippen molar-refractivity contribution < 1.29 is 19.1 Å². The van der Waals surface area contributed by atoms with Crippen molar-refractivity contribution in [1.29, 1.82) is 0 Å². The van der Waals surface area contributed by atoms with Gasteiger partial charge < -0.3 is 9.47 Å². The summed E-state index contributed by atoms with van der Waals surface area (Å²) in [5.41, 5.74) is 1.25. The summed E-state index contributed by atoms with van der Waals surface area (Å²) in [6.45, 7) is 7.21. The molecule has 0 aliphatic rings. The van der Waals surface area contributed by atoms with Gasteiger partial charge in [-0.3, -0.25) is 0 Å². The molecule has 0 saturated carbocycles. The van der Waals surface area contributed by atoms with E-state index in [9.17, 15) is 9.59 Å². The van der Waals surface area contributed by atoms with Gasteiger partial charge in [-0.1, -0.05) is 49.6 Å². The quantitative estimate of drug-likeness (QED) is 0.180. The maximum Gasteiger partial charge on any atom is 0.335 e. The van der Waals surface area contributed by atoms with E-state index in [1.54, 1.807) is 6.07 Å². The van der Waals surface area contributed by atoms with E-state index in [0.29, 0.717) is 12.4 Å². The Labute approximate surface area is 164 Å². The molecule has 0 heterocycles. The summed E-state index contributed by atoms with van der Waals surface area (Å²) in [4.78, 5) is 22.4. The Morgan fingerprint density at radius 2 is 1.50 bits per heavy atom. The number of carbonyl (C=O) groups is 2. The van der Waals surface area contributed by atoms with Crippen molar-refractivity contribution in [2.24, 2.45) is 0 Å². The summed E-state index contributed by atoms with van der Waals surface area (Å²) in [7, 11) is 0. The Morgan fingerprint density at radius 3 is 2.21 bits per heavy atom. The molecule has 0 aromatic heterocycles.